The number of aliphatic hydroxyl groups excluding tert-OH is 1. The molecular weight excluding hydrogens is 288 g/mol. The number of rotatable bonds is 6. The first-order valence-electron chi connectivity index (χ1n) is 6.49. The van der Waals surface area contributed by atoms with E-state index in [2.05, 4.69) is 4.98 Å². The quantitative estimate of drug-likeness (QED) is 0.637. The van der Waals surface area contributed by atoms with Crippen molar-refractivity contribution < 1.29 is 14.8 Å². The molecule has 0 aliphatic carbocycles. The molecule has 114 valence electrons. The SMILES string of the molecule is Cc1ncc([N+](=O)[O-])n1CC(O)COc1ccc(C#N)cc1. The molecule has 0 spiro atoms. The van der Waals surface area contributed by atoms with Crippen molar-refractivity contribution in [2.75, 3.05) is 6.61 Å². The van der Waals surface area contributed by atoms with Gasteiger partial charge in [-0.2, -0.15) is 5.26 Å². The molecule has 2 rings (SSSR count). The maximum Gasteiger partial charge on any atom is 0.342 e. The standard InChI is InChI=1S/C14H14N4O4/c1-10-16-7-14(18(20)21)17(10)8-12(19)9-22-13-4-2-11(6-15)3-5-13/h2-5,7,12,19H,8-9H2,1H3. The Morgan fingerprint density at radius 3 is 2.77 bits per heavy atom. The molecule has 0 saturated heterocycles. The highest BCUT2D eigenvalue weighted by molar-refractivity contribution is 5.34. The molecule has 2 aromatic rings. The third kappa shape index (κ3) is 3.59. The number of ether oxygens (including phenoxy) is 1. The van der Waals surface area contributed by atoms with E-state index in [1.807, 2.05) is 6.07 Å². The summed E-state index contributed by atoms with van der Waals surface area (Å²) in [6.45, 7) is 1.61. The zero-order valence-corrected chi connectivity index (χ0v) is 11.8. The highest BCUT2D eigenvalue weighted by Gasteiger charge is 2.20. The van der Waals surface area contributed by atoms with Gasteiger partial charge >= 0.3 is 5.82 Å². The molecule has 0 bridgehead atoms. The Labute approximate surface area is 126 Å². The first-order valence-corrected chi connectivity index (χ1v) is 6.49. The summed E-state index contributed by atoms with van der Waals surface area (Å²) >= 11 is 0. The van der Waals surface area contributed by atoms with Crippen molar-refractivity contribution in [3.63, 3.8) is 0 Å². The average Bonchev–Trinajstić information content (AvgIpc) is 2.87. The van der Waals surface area contributed by atoms with Gasteiger partial charge in [0.15, 0.2) is 5.82 Å². The number of benzene rings is 1. The molecule has 1 heterocycles. The summed E-state index contributed by atoms with van der Waals surface area (Å²) < 4.78 is 6.72. The molecule has 0 aliphatic rings. The van der Waals surface area contributed by atoms with Crippen LogP contribution in [0.4, 0.5) is 5.82 Å². The zero-order chi connectivity index (χ0) is 16.1. The van der Waals surface area contributed by atoms with Crippen LogP contribution in [0.1, 0.15) is 11.4 Å². The Morgan fingerprint density at radius 2 is 2.18 bits per heavy atom. The molecule has 0 amide bonds. The van der Waals surface area contributed by atoms with E-state index in [-0.39, 0.29) is 19.0 Å². The van der Waals surface area contributed by atoms with Gasteiger partial charge in [-0.1, -0.05) is 0 Å². The summed E-state index contributed by atoms with van der Waals surface area (Å²) in [6.07, 6.45) is 0.228. The Hall–Kier alpha value is -2.92. The van der Waals surface area contributed by atoms with E-state index >= 15 is 0 Å². The summed E-state index contributed by atoms with van der Waals surface area (Å²) in [5, 5.41) is 29.5. The van der Waals surface area contributed by atoms with Crippen LogP contribution in [0.2, 0.25) is 0 Å². The molecule has 22 heavy (non-hydrogen) atoms. The molecule has 8 nitrogen and oxygen atoms in total. The molecule has 1 unspecified atom stereocenters. The number of nitrogens with zero attached hydrogens (tertiary/aromatic N) is 4. The smallest absolute Gasteiger partial charge is 0.342 e. The molecular formula is C14H14N4O4. The van der Waals surface area contributed by atoms with Crippen LogP contribution in [0.5, 0.6) is 5.75 Å². The number of aryl methyl sites for hydroxylation is 1. The molecule has 0 aliphatic heterocycles. The lowest BCUT2D eigenvalue weighted by Crippen LogP contribution is -2.24. The molecule has 8 heteroatoms. The van der Waals surface area contributed by atoms with Crippen LogP contribution in [0, 0.1) is 28.4 Å². The summed E-state index contributed by atoms with van der Waals surface area (Å²) in [5.41, 5.74) is 0.512. The fourth-order valence-electron chi connectivity index (χ4n) is 1.91. The van der Waals surface area contributed by atoms with Crippen molar-refractivity contribution >= 4 is 5.82 Å². The van der Waals surface area contributed by atoms with Gasteiger partial charge in [0.25, 0.3) is 0 Å². The van der Waals surface area contributed by atoms with Crippen LogP contribution in [0.3, 0.4) is 0 Å². The largest absolute Gasteiger partial charge is 0.491 e. The lowest BCUT2D eigenvalue weighted by molar-refractivity contribution is -0.392. The minimum absolute atomic E-state index is 0.0123. The molecule has 0 fully saturated rings. The minimum atomic E-state index is -0.928. The third-order valence-electron chi connectivity index (χ3n) is 3.04. The van der Waals surface area contributed by atoms with Crippen molar-refractivity contribution in [2.24, 2.45) is 0 Å². The number of nitriles is 1. The van der Waals surface area contributed by atoms with Gasteiger partial charge in [0, 0.05) is 6.92 Å². The highest BCUT2D eigenvalue weighted by Crippen LogP contribution is 2.15. The maximum absolute atomic E-state index is 10.9. The number of hydrogen-bond acceptors (Lipinski definition) is 6. The summed E-state index contributed by atoms with van der Waals surface area (Å²) in [7, 11) is 0. The molecule has 1 N–H and O–H groups in total. The fraction of sp³-hybridized carbons (Fsp3) is 0.286. The Balaban J connectivity index is 1.95. The molecule has 0 saturated carbocycles. The number of imidazole rings is 1. The van der Waals surface area contributed by atoms with Gasteiger partial charge < -0.3 is 20.0 Å². The van der Waals surface area contributed by atoms with E-state index in [1.165, 1.54) is 4.57 Å². The van der Waals surface area contributed by atoms with Gasteiger partial charge in [-0.25, -0.2) is 9.55 Å². The second-order valence-electron chi connectivity index (χ2n) is 4.63. The van der Waals surface area contributed by atoms with Crippen LogP contribution < -0.4 is 4.74 Å². The molecule has 1 aromatic carbocycles. The van der Waals surface area contributed by atoms with Crippen LogP contribution in [-0.4, -0.2) is 32.3 Å². The topological polar surface area (TPSA) is 114 Å². The number of nitro groups is 1. The van der Waals surface area contributed by atoms with E-state index in [9.17, 15) is 15.2 Å². The van der Waals surface area contributed by atoms with Crippen molar-refractivity contribution in [3.05, 3.63) is 52.0 Å². The monoisotopic (exact) mass is 302 g/mol. The Morgan fingerprint density at radius 1 is 1.50 bits per heavy atom. The van der Waals surface area contributed by atoms with Gasteiger partial charge in [-0.05, 0) is 29.2 Å². The number of aliphatic hydroxyl groups is 1. The van der Waals surface area contributed by atoms with Crippen molar-refractivity contribution in [1.29, 1.82) is 5.26 Å². The first kappa shape index (κ1) is 15.5. The van der Waals surface area contributed by atoms with E-state index in [0.717, 1.165) is 6.20 Å². The van der Waals surface area contributed by atoms with Gasteiger partial charge in [0.05, 0.1) is 11.6 Å². The van der Waals surface area contributed by atoms with Gasteiger partial charge in [0.2, 0.25) is 0 Å². The number of hydrogen-bond donors (Lipinski definition) is 1. The second-order valence-corrected chi connectivity index (χ2v) is 4.63. The van der Waals surface area contributed by atoms with Gasteiger partial charge in [-0.15, -0.1) is 0 Å². The molecule has 1 aromatic heterocycles. The van der Waals surface area contributed by atoms with E-state index in [4.69, 9.17) is 10.00 Å². The number of aromatic nitrogens is 2. The van der Waals surface area contributed by atoms with Crippen molar-refractivity contribution in [2.45, 2.75) is 19.6 Å². The van der Waals surface area contributed by atoms with E-state index in [1.54, 1.807) is 31.2 Å². The molecule has 0 radical (unpaired) electrons. The van der Waals surface area contributed by atoms with Crippen LogP contribution in [0.25, 0.3) is 0 Å². The second kappa shape index (κ2) is 6.69. The maximum atomic E-state index is 10.9. The van der Waals surface area contributed by atoms with Gasteiger partial charge in [-0.3, -0.25) is 0 Å². The predicted octanol–water partition coefficient (Wildman–Crippen LogP) is 1.41. The predicted molar refractivity (Wildman–Crippen MR) is 76.3 cm³/mol. The minimum Gasteiger partial charge on any atom is -0.491 e. The first-order chi connectivity index (χ1) is 10.5. The fourth-order valence-corrected chi connectivity index (χ4v) is 1.91. The normalized spacial score (nSPS) is 11.7. The van der Waals surface area contributed by atoms with Gasteiger partial charge in [0.1, 0.15) is 31.2 Å². The third-order valence-corrected chi connectivity index (χ3v) is 3.04. The lowest BCUT2D eigenvalue weighted by Gasteiger charge is -2.12. The van der Waals surface area contributed by atoms with Crippen molar-refractivity contribution in [1.82, 2.24) is 9.55 Å². The van der Waals surface area contributed by atoms with Crippen LogP contribution in [0.15, 0.2) is 30.5 Å². The Bertz CT molecular complexity index is 703. The average molecular weight is 302 g/mol. The van der Waals surface area contributed by atoms with Crippen LogP contribution >= 0.6 is 0 Å². The van der Waals surface area contributed by atoms with Crippen LogP contribution in [-0.2, 0) is 6.54 Å². The van der Waals surface area contributed by atoms with Crippen molar-refractivity contribution in [3.8, 4) is 11.8 Å². The summed E-state index contributed by atoms with van der Waals surface area (Å²) in [5.74, 6) is 0.786. The van der Waals surface area contributed by atoms with E-state index < -0.39 is 11.0 Å². The van der Waals surface area contributed by atoms with E-state index in [0.29, 0.717) is 17.1 Å². The highest BCUT2D eigenvalue weighted by atomic mass is 16.6. The lowest BCUT2D eigenvalue weighted by atomic mass is 10.2. The zero-order valence-electron chi connectivity index (χ0n) is 11.8. The molecule has 1 atom stereocenters. The summed E-state index contributed by atoms with van der Waals surface area (Å²) in [6, 6.07) is 8.44. The summed E-state index contributed by atoms with van der Waals surface area (Å²) in [4.78, 5) is 14.2. The Kier molecular flexibility index (Phi) is 4.70.